The quantitative estimate of drug-likeness (QED) is 0.398. The lowest BCUT2D eigenvalue weighted by Gasteiger charge is -2.47. The van der Waals surface area contributed by atoms with Gasteiger partial charge in [-0.05, 0) is 52.3 Å². The van der Waals surface area contributed by atoms with E-state index in [9.17, 15) is 14.9 Å². The van der Waals surface area contributed by atoms with Crippen LogP contribution in [-0.2, 0) is 20.0 Å². The van der Waals surface area contributed by atoms with Gasteiger partial charge in [0.25, 0.3) is 0 Å². The Hall–Kier alpha value is -3.97. The summed E-state index contributed by atoms with van der Waals surface area (Å²) in [4.78, 5) is 39.4. The van der Waals surface area contributed by atoms with Crippen LogP contribution in [-0.4, -0.2) is 49.2 Å². The Balaban J connectivity index is 1.50. The van der Waals surface area contributed by atoms with Gasteiger partial charge in [-0.15, -0.1) is 0 Å². The van der Waals surface area contributed by atoms with E-state index in [1.165, 1.54) is 10.8 Å². The molecule has 1 fully saturated rings. The van der Waals surface area contributed by atoms with E-state index in [0.717, 1.165) is 12.1 Å². The van der Waals surface area contributed by atoms with Gasteiger partial charge in [-0.25, -0.2) is 9.78 Å². The summed E-state index contributed by atoms with van der Waals surface area (Å²) in [6, 6.07) is 8.28. The van der Waals surface area contributed by atoms with Crippen molar-refractivity contribution < 1.29 is 4.42 Å². The number of piperazine rings is 1. The van der Waals surface area contributed by atoms with E-state index in [2.05, 4.69) is 41.6 Å². The molecule has 10 nitrogen and oxygen atoms in total. The standard InChI is InChI=1S/C28H33N7O3/c1-7-33-23(10-11-29)30-24-26(31-28(37)32(6)27(24)33)35-14-17(3)34(13-18(35)4)19(5)20-8-9-22-21(12-20)25(36)16(2)15-38-22/h8-9,12,15,17-19H,7,10,13-14H2,1-6H3/t17-,18+,19?/m1/s1. The molecule has 4 aromatic rings. The molecule has 1 unspecified atom stereocenters. The van der Waals surface area contributed by atoms with E-state index < -0.39 is 0 Å². The summed E-state index contributed by atoms with van der Waals surface area (Å²) in [5.41, 5.74) is 3.23. The van der Waals surface area contributed by atoms with Gasteiger partial charge in [0.1, 0.15) is 22.6 Å². The third-order valence-electron chi connectivity index (χ3n) is 7.85. The minimum absolute atomic E-state index is 0.00503. The van der Waals surface area contributed by atoms with Crippen molar-refractivity contribution in [2.75, 3.05) is 18.0 Å². The van der Waals surface area contributed by atoms with Crippen LogP contribution in [0.2, 0.25) is 0 Å². The van der Waals surface area contributed by atoms with Crippen molar-refractivity contribution in [3.63, 3.8) is 0 Å². The Morgan fingerprint density at radius 3 is 2.66 bits per heavy atom. The molecule has 0 saturated carbocycles. The predicted molar refractivity (Wildman–Crippen MR) is 146 cm³/mol. The van der Waals surface area contributed by atoms with Gasteiger partial charge in [0.05, 0.1) is 24.1 Å². The molecule has 3 atom stereocenters. The Morgan fingerprint density at radius 2 is 1.95 bits per heavy atom. The number of fused-ring (bicyclic) bond motifs is 2. The molecule has 4 heterocycles. The van der Waals surface area contributed by atoms with Crippen LogP contribution in [0, 0.1) is 18.3 Å². The van der Waals surface area contributed by atoms with Crippen molar-refractivity contribution in [3.05, 3.63) is 62.1 Å². The lowest BCUT2D eigenvalue weighted by Crippen LogP contribution is -2.57. The van der Waals surface area contributed by atoms with Crippen LogP contribution in [0.15, 0.2) is 38.5 Å². The second-order valence-corrected chi connectivity index (χ2v) is 10.3. The molecule has 1 saturated heterocycles. The molecule has 0 N–H and O–H groups in total. The first-order valence-electron chi connectivity index (χ1n) is 13.0. The molecule has 3 aromatic heterocycles. The van der Waals surface area contributed by atoms with Gasteiger partial charge < -0.3 is 13.9 Å². The molecule has 0 spiro atoms. The summed E-state index contributed by atoms with van der Waals surface area (Å²) in [7, 11) is 1.70. The van der Waals surface area contributed by atoms with Crippen LogP contribution in [0.25, 0.3) is 22.1 Å². The second kappa shape index (κ2) is 9.72. The summed E-state index contributed by atoms with van der Waals surface area (Å²) in [6.07, 6.45) is 1.67. The number of aromatic nitrogens is 4. The number of imidazole rings is 1. The van der Waals surface area contributed by atoms with Crippen LogP contribution in [0.5, 0.6) is 0 Å². The van der Waals surface area contributed by atoms with Gasteiger partial charge in [-0.3, -0.25) is 14.3 Å². The second-order valence-electron chi connectivity index (χ2n) is 10.3. The van der Waals surface area contributed by atoms with E-state index in [1.807, 2.05) is 29.7 Å². The average Bonchev–Trinajstić information content (AvgIpc) is 3.27. The molecule has 1 aromatic carbocycles. The summed E-state index contributed by atoms with van der Waals surface area (Å²) >= 11 is 0. The van der Waals surface area contributed by atoms with Crippen molar-refractivity contribution in [2.45, 2.75) is 65.7 Å². The van der Waals surface area contributed by atoms with Crippen LogP contribution < -0.4 is 16.0 Å². The van der Waals surface area contributed by atoms with Crippen LogP contribution in [0.1, 0.15) is 50.7 Å². The number of anilines is 1. The zero-order chi connectivity index (χ0) is 27.3. The van der Waals surface area contributed by atoms with Crippen molar-refractivity contribution in [2.24, 2.45) is 7.05 Å². The van der Waals surface area contributed by atoms with E-state index >= 15 is 0 Å². The molecule has 0 radical (unpaired) electrons. The molecule has 5 rings (SSSR count). The summed E-state index contributed by atoms with van der Waals surface area (Å²) in [5, 5.41) is 9.92. The predicted octanol–water partition coefficient (Wildman–Crippen LogP) is 3.29. The zero-order valence-corrected chi connectivity index (χ0v) is 22.7. The lowest BCUT2D eigenvalue weighted by molar-refractivity contribution is 0.119. The fraction of sp³-hybridized carbons (Fsp3) is 0.464. The maximum absolute atomic E-state index is 12.9. The highest BCUT2D eigenvalue weighted by atomic mass is 16.3. The highest BCUT2D eigenvalue weighted by Gasteiger charge is 2.35. The third-order valence-corrected chi connectivity index (χ3v) is 7.85. The van der Waals surface area contributed by atoms with Crippen molar-refractivity contribution >= 4 is 28.0 Å². The molecule has 198 valence electrons. The minimum atomic E-state index is -0.341. The summed E-state index contributed by atoms with van der Waals surface area (Å²) in [6.45, 7) is 12.2. The Labute approximate surface area is 220 Å². The first-order valence-corrected chi connectivity index (χ1v) is 13.0. The zero-order valence-electron chi connectivity index (χ0n) is 22.7. The first-order chi connectivity index (χ1) is 18.2. The molecule has 0 bridgehead atoms. The van der Waals surface area contributed by atoms with Crippen LogP contribution >= 0.6 is 0 Å². The van der Waals surface area contributed by atoms with Crippen molar-refractivity contribution in [1.82, 2.24) is 24.0 Å². The molecule has 1 aliphatic heterocycles. The monoisotopic (exact) mass is 515 g/mol. The highest BCUT2D eigenvalue weighted by Crippen LogP contribution is 2.32. The molecule has 0 aliphatic carbocycles. The molecular formula is C28H33N7O3. The number of hydrogen-bond donors (Lipinski definition) is 0. The molecule has 38 heavy (non-hydrogen) atoms. The van der Waals surface area contributed by atoms with Gasteiger partial charge in [0, 0.05) is 50.4 Å². The maximum Gasteiger partial charge on any atom is 0.350 e. The van der Waals surface area contributed by atoms with E-state index in [1.54, 1.807) is 14.0 Å². The number of hydrogen-bond acceptors (Lipinski definition) is 8. The fourth-order valence-electron chi connectivity index (χ4n) is 5.71. The van der Waals surface area contributed by atoms with Crippen molar-refractivity contribution in [1.29, 1.82) is 5.26 Å². The van der Waals surface area contributed by atoms with Gasteiger partial charge >= 0.3 is 5.69 Å². The summed E-state index contributed by atoms with van der Waals surface area (Å²) < 4.78 is 9.05. The molecule has 10 heteroatoms. The number of aryl methyl sites for hydroxylation is 3. The smallest absolute Gasteiger partial charge is 0.350 e. The third kappa shape index (κ3) is 4.07. The Kier molecular flexibility index (Phi) is 6.57. The van der Waals surface area contributed by atoms with Gasteiger partial charge in [-0.2, -0.15) is 10.2 Å². The maximum atomic E-state index is 12.9. The van der Waals surface area contributed by atoms with Crippen LogP contribution in [0.3, 0.4) is 0 Å². The fourth-order valence-corrected chi connectivity index (χ4v) is 5.71. The SMILES string of the molecule is CCn1c(CC#N)nc2c(N3C[C@@H](C)N(C(C)c4ccc5occ(C)c(=O)c5c4)C[C@@H]3C)nc(=O)n(C)c21. The topological polar surface area (TPSA) is 113 Å². The van der Waals surface area contributed by atoms with E-state index in [4.69, 9.17) is 9.40 Å². The minimum Gasteiger partial charge on any atom is -0.464 e. The molecule has 1 aliphatic rings. The van der Waals surface area contributed by atoms with Crippen LogP contribution in [0.4, 0.5) is 5.82 Å². The largest absolute Gasteiger partial charge is 0.464 e. The van der Waals surface area contributed by atoms with Gasteiger partial charge in [-0.1, -0.05) is 6.07 Å². The van der Waals surface area contributed by atoms with Gasteiger partial charge in [0.2, 0.25) is 0 Å². The Bertz CT molecular complexity index is 1690. The van der Waals surface area contributed by atoms with E-state index in [-0.39, 0.29) is 35.7 Å². The lowest BCUT2D eigenvalue weighted by atomic mass is 9.99. The Morgan fingerprint density at radius 1 is 1.18 bits per heavy atom. The van der Waals surface area contributed by atoms with Crippen molar-refractivity contribution in [3.8, 4) is 6.07 Å². The normalized spacial score (nSPS) is 19.2. The van der Waals surface area contributed by atoms with E-state index in [0.29, 0.717) is 52.4 Å². The average molecular weight is 516 g/mol. The molecule has 0 amide bonds. The first kappa shape index (κ1) is 25.7. The molecular weight excluding hydrogens is 482 g/mol. The number of rotatable bonds is 5. The number of benzene rings is 1. The highest BCUT2D eigenvalue weighted by molar-refractivity contribution is 5.85. The van der Waals surface area contributed by atoms with Gasteiger partial charge in [0.15, 0.2) is 11.2 Å². The summed E-state index contributed by atoms with van der Waals surface area (Å²) in [5.74, 6) is 1.21. The number of nitrogens with zero attached hydrogens (tertiary/aromatic N) is 7. The number of nitriles is 1.